The summed E-state index contributed by atoms with van der Waals surface area (Å²) in [5.74, 6) is 0. The van der Waals surface area contributed by atoms with E-state index in [0.717, 1.165) is 15.6 Å². The van der Waals surface area contributed by atoms with E-state index in [1.54, 1.807) is 0 Å². The molecule has 0 aliphatic carbocycles. The molecule has 0 amide bonds. The molecule has 0 bridgehead atoms. The molecule has 66 valence electrons. The second kappa shape index (κ2) is 3.14. The van der Waals surface area contributed by atoms with Gasteiger partial charge >= 0.3 is 0 Å². The molecule has 2 nitrogen and oxygen atoms in total. The zero-order valence-corrected chi connectivity index (χ0v) is 8.35. The van der Waals surface area contributed by atoms with E-state index in [1.807, 2.05) is 25.1 Å². The summed E-state index contributed by atoms with van der Waals surface area (Å²) < 4.78 is 1.00. The monoisotopic (exact) mass is 198 g/mol. The molecule has 0 radical (unpaired) electrons. The van der Waals surface area contributed by atoms with Crippen molar-refractivity contribution in [1.29, 1.82) is 10.5 Å². The summed E-state index contributed by atoms with van der Waals surface area (Å²) >= 11 is 1.42. The van der Waals surface area contributed by atoms with Gasteiger partial charge in [0.1, 0.15) is 10.9 Å². The molecule has 0 saturated heterocycles. The van der Waals surface area contributed by atoms with Crippen molar-refractivity contribution in [2.24, 2.45) is 0 Å². The van der Waals surface area contributed by atoms with Crippen molar-refractivity contribution in [2.75, 3.05) is 0 Å². The topological polar surface area (TPSA) is 47.6 Å². The maximum absolute atomic E-state index is 8.83. The first-order valence-corrected chi connectivity index (χ1v) is 4.90. The fourth-order valence-corrected chi connectivity index (χ4v) is 2.26. The number of nitriles is 2. The SMILES string of the molecule is Cc1cc2cc(C#N)sc2cc1C#N. The van der Waals surface area contributed by atoms with Gasteiger partial charge in [-0.1, -0.05) is 0 Å². The molecule has 1 heterocycles. The minimum Gasteiger partial charge on any atom is -0.192 e. The summed E-state index contributed by atoms with van der Waals surface area (Å²) in [6, 6.07) is 9.90. The summed E-state index contributed by atoms with van der Waals surface area (Å²) in [5.41, 5.74) is 1.64. The standard InChI is InChI=1S/C11H6N2S/c1-7-2-8-3-10(6-13)14-11(8)4-9(7)5-12/h2-4H,1H3. The number of fused-ring (bicyclic) bond motifs is 1. The first kappa shape index (κ1) is 8.74. The fraction of sp³-hybridized carbons (Fsp3) is 0.0909. The average molecular weight is 198 g/mol. The summed E-state index contributed by atoms with van der Waals surface area (Å²) in [6.45, 7) is 1.90. The van der Waals surface area contributed by atoms with Crippen LogP contribution in [0, 0.1) is 29.6 Å². The van der Waals surface area contributed by atoms with E-state index in [2.05, 4.69) is 12.1 Å². The van der Waals surface area contributed by atoms with Crippen molar-refractivity contribution < 1.29 is 0 Å². The lowest BCUT2D eigenvalue weighted by atomic mass is 10.1. The van der Waals surface area contributed by atoms with Crippen molar-refractivity contribution in [3.63, 3.8) is 0 Å². The van der Waals surface area contributed by atoms with Crippen LogP contribution in [0.2, 0.25) is 0 Å². The Labute approximate surface area is 85.6 Å². The van der Waals surface area contributed by atoms with Gasteiger partial charge in [0.2, 0.25) is 0 Å². The van der Waals surface area contributed by atoms with Gasteiger partial charge in [0.15, 0.2) is 0 Å². The molecule has 0 unspecified atom stereocenters. The first-order valence-electron chi connectivity index (χ1n) is 4.09. The highest BCUT2D eigenvalue weighted by Crippen LogP contribution is 2.27. The van der Waals surface area contributed by atoms with Crippen molar-refractivity contribution in [2.45, 2.75) is 6.92 Å². The highest BCUT2D eigenvalue weighted by atomic mass is 32.1. The number of aryl methyl sites for hydroxylation is 1. The molecule has 14 heavy (non-hydrogen) atoms. The fourth-order valence-electron chi connectivity index (χ4n) is 1.38. The number of benzene rings is 1. The minimum atomic E-state index is 0.684. The molecule has 2 aromatic rings. The Morgan fingerprint density at radius 1 is 1.14 bits per heavy atom. The number of hydrogen-bond donors (Lipinski definition) is 0. The maximum Gasteiger partial charge on any atom is 0.110 e. The molecule has 0 saturated carbocycles. The van der Waals surface area contributed by atoms with Gasteiger partial charge in [-0.3, -0.25) is 0 Å². The lowest BCUT2D eigenvalue weighted by Crippen LogP contribution is -1.79. The lowest BCUT2D eigenvalue weighted by Gasteiger charge is -1.95. The normalized spacial score (nSPS) is 9.64. The predicted octanol–water partition coefficient (Wildman–Crippen LogP) is 2.95. The van der Waals surface area contributed by atoms with Crippen LogP contribution in [0.15, 0.2) is 18.2 Å². The largest absolute Gasteiger partial charge is 0.192 e. The van der Waals surface area contributed by atoms with Crippen molar-refractivity contribution in [3.05, 3.63) is 34.2 Å². The highest BCUT2D eigenvalue weighted by molar-refractivity contribution is 7.19. The Morgan fingerprint density at radius 2 is 1.93 bits per heavy atom. The van der Waals surface area contributed by atoms with E-state index >= 15 is 0 Å². The zero-order valence-electron chi connectivity index (χ0n) is 7.53. The van der Waals surface area contributed by atoms with Gasteiger partial charge in [-0.15, -0.1) is 11.3 Å². The summed E-state index contributed by atoms with van der Waals surface area (Å²) in [5, 5.41) is 18.6. The molecule has 1 aromatic carbocycles. The molecule has 0 fully saturated rings. The smallest absolute Gasteiger partial charge is 0.110 e. The van der Waals surface area contributed by atoms with E-state index in [1.165, 1.54) is 11.3 Å². The Hall–Kier alpha value is -1.84. The molecule has 0 aliphatic rings. The van der Waals surface area contributed by atoms with Crippen LogP contribution in [0.3, 0.4) is 0 Å². The van der Waals surface area contributed by atoms with Crippen LogP contribution in [-0.4, -0.2) is 0 Å². The first-order chi connectivity index (χ1) is 6.74. The molecular weight excluding hydrogens is 192 g/mol. The summed E-state index contributed by atoms with van der Waals surface area (Å²) in [6.07, 6.45) is 0. The molecule has 3 heteroatoms. The number of thiophene rings is 1. The second-order valence-electron chi connectivity index (χ2n) is 3.04. The molecule has 0 N–H and O–H groups in total. The molecule has 2 rings (SSSR count). The van der Waals surface area contributed by atoms with Crippen LogP contribution >= 0.6 is 11.3 Å². The number of hydrogen-bond acceptors (Lipinski definition) is 3. The van der Waals surface area contributed by atoms with Gasteiger partial charge in [0.05, 0.1) is 11.6 Å². The third kappa shape index (κ3) is 1.25. The van der Waals surface area contributed by atoms with E-state index < -0.39 is 0 Å². The average Bonchev–Trinajstić information content (AvgIpc) is 2.58. The molecule has 0 spiro atoms. The Morgan fingerprint density at radius 3 is 2.57 bits per heavy atom. The lowest BCUT2D eigenvalue weighted by molar-refractivity contribution is 1.42. The van der Waals surface area contributed by atoms with Crippen molar-refractivity contribution >= 4 is 21.4 Å². The number of nitrogens with zero attached hydrogens (tertiary/aromatic N) is 2. The Bertz CT molecular complexity index is 582. The quantitative estimate of drug-likeness (QED) is 0.653. The minimum absolute atomic E-state index is 0.684. The Kier molecular flexibility index (Phi) is 1.96. The van der Waals surface area contributed by atoms with E-state index in [4.69, 9.17) is 10.5 Å². The molecular formula is C11H6N2S. The Balaban J connectivity index is 2.79. The van der Waals surface area contributed by atoms with E-state index in [0.29, 0.717) is 10.4 Å². The van der Waals surface area contributed by atoms with Crippen LogP contribution in [0.4, 0.5) is 0 Å². The number of rotatable bonds is 0. The van der Waals surface area contributed by atoms with Crippen molar-refractivity contribution in [1.82, 2.24) is 0 Å². The van der Waals surface area contributed by atoms with Crippen LogP contribution in [0.25, 0.3) is 10.1 Å². The second-order valence-corrected chi connectivity index (χ2v) is 4.12. The predicted molar refractivity (Wildman–Crippen MR) is 56.0 cm³/mol. The van der Waals surface area contributed by atoms with Gasteiger partial charge in [-0.2, -0.15) is 10.5 Å². The maximum atomic E-state index is 8.83. The van der Waals surface area contributed by atoms with Crippen LogP contribution in [0.1, 0.15) is 16.0 Å². The van der Waals surface area contributed by atoms with Crippen LogP contribution in [0.5, 0.6) is 0 Å². The highest BCUT2D eigenvalue weighted by Gasteiger charge is 2.04. The van der Waals surface area contributed by atoms with E-state index in [-0.39, 0.29) is 0 Å². The molecule has 0 atom stereocenters. The third-order valence-corrected chi connectivity index (χ3v) is 3.10. The third-order valence-electron chi connectivity index (χ3n) is 2.09. The van der Waals surface area contributed by atoms with Crippen LogP contribution < -0.4 is 0 Å². The van der Waals surface area contributed by atoms with Gasteiger partial charge in [0.25, 0.3) is 0 Å². The zero-order chi connectivity index (χ0) is 10.1. The summed E-state index contributed by atoms with van der Waals surface area (Å²) in [4.78, 5) is 0.689. The van der Waals surface area contributed by atoms with Gasteiger partial charge in [-0.25, -0.2) is 0 Å². The van der Waals surface area contributed by atoms with Crippen molar-refractivity contribution in [3.8, 4) is 12.1 Å². The van der Waals surface area contributed by atoms with Crippen LogP contribution in [-0.2, 0) is 0 Å². The van der Waals surface area contributed by atoms with Gasteiger partial charge < -0.3 is 0 Å². The van der Waals surface area contributed by atoms with E-state index in [9.17, 15) is 0 Å². The molecule has 0 aliphatic heterocycles. The summed E-state index contributed by atoms with van der Waals surface area (Å²) in [7, 11) is 0. The van der Waals surface area contributed by atoms with Gasteiger partial charge in [-0.05, 0) is 36.1 Å². The molecule has 1 aromatic heterocycles. The van der Waals surface area contributed by atoms with Gasteiger partial charge in [0, 0.05) is 4.70 Å².